The van der Waals surface area contributed by atoms with Crippen LogP contribution in [0.25, 0.3) is 0 Å². The molecule has 0 bridgehead atoms. The molecule has 1 aromatic heterocycles. The molecule has 1 N–H and O–H groups in total. The van der Waals surface area contributed by atoms with Crippen LogP contribution in [0, 0.1) is 0 Å². The topological polar surface area (TPSA) is 55.6 Å². The van der Waals surface area contributed by atoms with E-state index < -0.39 is 0 Å². The first kappa shape index (κ1) is 14.0. The fourth-order valence-electron chi connectivity index (χ4n) is 1.94. The summed E-state index contributed by atoms with van der Waals surface area (Å²) in [6.07, 6.45) is 2.36. The summed E-state index contributed by atoms with van der Waals surface area (Å²) in [6.45, 7) is 2.14. The van der Waals surface area contributed by atoms with E-state index in [1.165, 1.54) is 18.4 Å². The molecule has 0 aliphatic heterocycles. The van der Waals surface area contributed by atoms with Gasteiger partial charge in [-0.2, -0.15) is 0 Å². The number of hydrogen-bond acceptors (Lipinski definition) is 5. The molecular weight excluding hydrogens is 338 g/mol. The zero-order valence-electron chi connectivity index (χ0n) is 11.4. The second kappa shape index (κ2) is 5.83. The van der Waals surface area contributed by atoms with E-state index in [4.69, 9.17) is 0 Å². The van der Waals surface area contributed by atoms with Crippen molar-refractivity contribution in [1.82, 2.24) is 25.5 Å². The van der Waals surface area contributed by atoms with Gasteiger partial charge in [0.05, 0.1) is 6.04 Å². The van der Waals surface area contributed by atoms with Crippen LogP contribution in [0.4, 0.5) is 0 Å². The van der Waals surface area contributed by atoms with Crippen LogP contribution >= 0.6 is 27.7 Å². The Balaban J connectivity index is 1.82. The molecule has 20 heavy (non-hydrogen) atoms. The normalized spacial score (nSPS) is 16.4. The summed E-state index contributed by atoms with van der Waals surface area (Å²) in [5, 5.41) is 16.1. The molecule has 1 atom stereocenters. The van der Waals surface area contributed by atoms with Crippen LogP contribution in [0.2, 0.25) is 0 Å². The van der Waals surface area contributed by atoms with Crippen LogP contribution in [0.5, 0.6) is 0 Å². The SMILES string of the molecule is CNC(C)c1ccc(Sc2nnnn2C2CC2)c(Br)c1. The number of benzene rings is 1. The molecule has 7 heteroatoms. The maximum Gasteiger partial charge on any atom is 0.214 e. The lowest BCUT2D eigenvalue weighted by atomic mass is 10.1. The predicted molar refractivity (Wildman–Crippen MR) is 81.8 cm³/mol. The predicted octanol–water partition coefficient (Wildman–Crippen LogP) is 3.20. The Hall–Kier alpha value is -0.920. The highest BCUT2D eigenvalue weighted by Gasteiger charge is 2.28. The Bertz CT molecular complexity index is 611. The molecule has 106 valence electrons. The molecule has 1 unspecified atom stereocenters. The average Bonchev–Trinajstić information content (AvgIpc) is 3.20. The lowest BCUT2D eigenvalue weighted by molar-refractivity contribution is 0.565. The lowest BCUT2D eigenvalue weighted by Gasteiger charge is -2.12. The average molecular weight is 354 g/mol. The van der Waals surface area contributed by atoms with Gasteiger partial charge in [0.25, 0.3) is 0 Å². The molecular formula is C13H16BrN5S. The Morgan fingerprint density at radius 2 is 2.25 bits per heavy atom. The summed E-state index contributed by atoms with van der Waals surface area (Å²) < 4.78 is 3.01. The molecule has 0 radical (unpaired) electrons. The summed E-state index contributed by atoms with van der Waals surface area (Å²) in [4.78, 5) is 1.13. The van der Waals surface area contributed by atoms with Crippen molar-refractivity contribution >= 4 is 27.7 Å². The zero-order valence-corrected chi connectivity index (χ0v) is 13.8. The van der Waals surface area contributed by atoms with E-state index in [0.717, 1.165) is 14.5 Å². The van der Waals surface area contributed by atoms with Crippen molar-refractivity contribution in [1.29, 1.82) is 0 Å². The van der Waals surface area contributed by atoms with Crippen LogP contribution in [-0.2, 0) is 0 Å². The fraction of sp³-hybridized carbons (Fsp3) is 0.462. The van der Waals surface area contributed by atoms with Gasteiger partial charge in [-0.3, -0.25) is 0 Å². The molecule has 1 fully saturated rings. The second-order valence-corrected chi connectivity index (χ2v) is 6.80. The Morgan fingerprint density at radius 1 is 1.45 bits per heavy atom. The van der Waals surface area contributed by atoms with Gasteiger partial charge >= 0.3 is 0 Å². The number of hydrogen-bond donors (Lipinski definition) is 1. The molecule has 0 saturated heterocycles. The van der Waals surface area contributed by atoms with Gasteiger partial charge in [0.1, 0.15) is 0 Å². The molecule has 1 aromatic carbocycles. The van der Waals surface area contributed by atoms with Gasteiger partial charge in [-0.1, -0.05) is 6.07 Å². The summed E-state index contributed by atoms with van der Waals surface area (Å²) in [7, 11) is 1.96. The summed E-state index contributed by atoms with van der Waals surface area (Å²) in [5.74, 6) is 0. The number of tetrazole rings is 1. The van der Waals surface area contributed by atoms with E-state index in [-0.39, 0.29) is 0 Å². The van der Waals surface area contributed by atoms with Crippen LogP contribution in [0.15, 0.2) is 32.7 Å². The Labute approximate surface area is 130 Å². The molecule has 1 saturated carbocycles. The van der Waals surface area contributed by atoms with E-state index in [1.807, 2.05) is 11.7 Å². The number of nitrogens with zero attached hydrogens (tertiary/aromatic N) is 4. The highest BCUT2D eigenvalue weighted by Crippen LogP contribution is 2.39. The van der Waals surface area contributed by atoms with Gasteiger partial charge in [-0.25, -0.2) is 4.68 Å². The van der Waals surface area contributed by atoms with Crippen molar-refractivity contribution in [3.63, 3.8) is 0 Å². The number of aromatic nitrogens is 4. The summed E-state index contributed by atoms with van der Waals surface area (Å²) in [6, 6.07) is 7.23. The molecule has 1 aliphatic carbocycles. The molecule has 0 spiro atoms. The van der Waals surface area contributed by atoms with E-state index in [9.17, 15) is 0 Å². The van der Waals surface area contributed by atoms with Crippen molar-refractivity contribution in [2.24, 2.45) is 0 Å². The first-order valence-corrected chi connectivity index (χ1v) is 8.22. The Kier molecular flexibility index (Phi) is 4.09. The van der Waals surface area contributed by atoms with Crippen molar-refractivity contribution in [3.8, 4) is 0 Å². The van der Waals surface area contributed by atoms with Crippen LogP contribution < -0.4 is 5.32 Å². The van der Waals surface area contributed by atoms with Crippen molar-refractivity contribution in [2.45, 2.75) is 41.9 Å². The third-order valence-corrected chi connectivity index (χ3v) is 5.39. The highest BCUT2D eigenvalue weighted by atomic mass is 79.9. The monoisotopic (exact) mass is 353 g/mol. The molecule has 1 aliphatic rings. The van der Waals surface area contributed by atoms with E-state index >= 15 is 0 Å². The van der Waals surface area contributed by atoms with Crippen LogP contribution in [0.1, 0.15) is 37.4 Å². The van der Waals surface area contributed by atoms with Gasteiger partial charge in [-0.15, -0.1) is 5.10 Å². The van der Waals surface area contributed by atoms with E-state index in [1.54, 1.807) is 11.8 Å². The maximum atomic E-state index is 4.12. The van der Waals surface area contributed by atoms with E-state index in [0.29, 0.717) is 12.1 Å². The van der Waals surface area contributed by atoms with Gasteiger partial charge in [0, 0.05) is 15.4 Å². The second-order valence-electron chi connectivity index (χ2n) is 4.94. The third-order valence-electron chi connectivity index (χ3n) is 3.45. The third kappa shape index (κ3) is 2.89. The first-order valence-electron chi connectivity index (χ1n) is 6.61. The van der Waals surface area contributed by atoms with Gasteiger partial charge in [0.2, 0.25) is 5.16 Å². The highest BCUT2D eigenvalue weighted by molar-refractivity contribution is 9.10. The standard InChI is InChI=1S/C13H16BrN5S/c1-8(15-2)9-3-6-12(11(14)7-9)20-13-16-17-18-19(13)10-4-5-10/h3,6-8,10,15H,4-5H2,1-2H3. The quantitative estimate of drug-likeness (QED) is 0.894. The van der Waals surface area contributed by atoms with Crippen molar-refractivity contribution in [2.75, 3.05) is 7.05 Å². The summed E-state index contributed by atoms with van der Waals surface area (Å²) in [5.41, 5.74) is 1.26. The molecule has 1 heterocycles. The number of rotatable bonds is 5. The maximum absolute atomic E-state index is 4.12. The minimum Gasteiger partial charge on any atom is -0.313 e. The molecule has 0 amide bonds. The minimum absolute atomic E-state index is 0.335. The van der Waals surface area contributed by atoms with Crippen LogP contribution in [0.3, 0.4) is 0 Å². The Morgan fingerprint density at radius 3 is 2.90 bits per heavy atom. The van der Waals surface area contributed by atoms with Crippen LogP contribution in [-0.4, -0.2) is 27.3 Å². The molecule has 2 aromatic rings. The smallest absolute Gasteiger partial charge is 0.214 e. The summed E-state index contributed by atoms with van der Waals surface area (Å²) >= 11 is 5.24. The van der Waals surface area contributed by atoms with Gasteiger partial charge < -0.3 is 5.32 Å². The minimum atomic E-state index is 0.335. The van der Waals surface area contributed by atoms with Crippen molar-refractivity contribution < 1.29 is 0 Å². The van der Waals surface area contributed by atoms with Crippen molar-refractivity contribution in [3.05, 3.63) is 28.2 Å². The molecule has 3 rings (SSSR count). The zero-order chi connectivity index (χ0) is 14.1. The first-order chi connectivity index (χ1) is 9.69. The molecule has 5 nitrogen and oxygen atoms in total. The number of nitrogens with one attached hydrogen (secondary N) is 1. The largest absolute Gasteiger partial charge is 0.313 e. The fourth-order valence-corrected chi connectivity index (χ4v) is 3.42. The number of halogens is 1. The van der Waals surface area contributed by atoms with Gasteiger partial charge in [-0.05, 0) is 82.6 Å². The lowest BCUT2D eigenvalue weighted by Crippen LogP contribution is -2.12. The van der Waals surface area contributed by atoms with Gasteiger partial charge in [0.15, 0.2) is 0 Å². The van der Waals surface area contributed by atoms with E-state index in [2.05, 4.69) is 61.9 Å².